The molecule has 2 amide bonds. The molecule has 0 spiro atoms. The zero-order valence-corrected chi connectivity index (χ0v) is 16.4. The summed E-state index contributed by atoms with van der Waals surface area (Å²) >= 11 is 0. The number of hydrogen-bond acceptors (Lipinski definition) is 5. The summed E-state index contributed by atoms with van der Waals surface area (Å²) in [6.07, 6.45) is 1.31. The third kappa shape index (κ3) is 7.28. The van der Waals surface area contributed by atoms with Gasteiger partial charge in [0, 0.05) is 38.3 Å². The van der Waals surface area contributed by atoms with Gasteiger partial charge in [-0.05, 0) is 23.6 Å². The van der Waals surface area contributed by atoms with Gasteiger partial charge in [-0.1, -0.05) is 32.4 Å². The molecule has 27 heavy (non-hydrogen) atoms. The van der Waals surface area contributed by atoms with Crippen LogP contribution < -0.4 is 16.4 Å². The van der Waals surface area contributed by atoms with Crippen molar-refractivity contribution in [3.63, 3.8) is 0 Å². The molecule has 2 atom stereocenters. The maximum Gasteiger partial charge on any atom is 0.237 e. The van der Waals surface area contributed by atoms with E-state index in [0.717, 1.165) is 50.5 Å². The second kappa shape index (κ2) is 11.0. The number of nitrogens with one attached hydrogen (secondary N) is 2. The number of hydrogen-bond donors (Lipinski definition) is 3. The van der Waals surface area contributed by atoms with Gasteiger partial charge in [-0.3, -0.25) is 14.5 Å². The monoisotopic (exact) mass is 376 g/mol. The number of anilines is 1. The molecule has 0 aliphatic carbocycles. The first-order valence-electron chi connectivity index (χ1n) is 9.71. The van der Waals surface area contributed by atoms with Crippen LogP contribution in [0.1, 0.15) is 32.3 Å². The molecule has 1 saturated heterocycles. The minimum Gasteiger partial charge on any atom is -0.379 e. The molecule has 1 aliphatic heterocycles. The Morgan fingerprint density at radius 1 is 1.30 bits per heavy atom. The number of nitrogens with two attached hydrogens (primary N) is 1. The lowest BCUT2D eigenvalue weighted by Crippen LogP contribution is -2.44. The van der Waals surface area contributed by atoms with Gasteiger partial charge in [-0.15, -0.1) is 0 Å². The van der Waals surface area contributed by atoms with Gasteiger partial charge in [0.25, 0.3) is 0 Å². The molecule has 7 heteroatoms. The molecule has 1 aromatic rings. The smallest absolute Gasteiger partial charge is 0.237 e. The Balaban J connectivity index is 1.78. The summed E-state index contributed by atoms with van der Waals surface area (Å²) in [5.41, 5.74) is 7.60. The van der Waals surface area contributed by atoms with Crippen LogP contribution in [0.2, 0.25) is 0 Å². The number of benzene rings is 1. The standard InChI is InChI=1S/C20H32N4O3/c1-3-15(2)19(21)20(26)22-14-16-5-4-6-17(13-16)23-18(25)7-8-24-9-11-27-12-10-24/h4-6,13,15,19H,3,7-12,14,21H2,1-2H3,(H,22,26)(H,23,25). The van der Waals surface area contributed by atoms with Gasteiger partial charge in [0.1, 0.15) is 0 Å². The normalized spacial score (nSPS) is 17.1. The number of carbonyl (C=O) groups is 2. The van der Waals surface area contributed by atoms with E-state index in [0.29, 0.717) is 13.0 Å². The summed E-state index contributed by atoms with van der Waals surface area (Å²) < 4.78 is 5.31. The highest BCUT2D eigenvalue weighted by Gasteiger charge is 2.19. The van der Waals surface area contributed by atoms with Crippen LogP contribution in [0.25, 0.3) is 0 Å². The summed E-state index contributed by atoms with van der Waals surface area (Å²) in [6, 6.07) is 7.01. The van der Waals surface area contributed by atoms with E-state index in [2.05, 4.69) is 15.5 Å². The van der Waals surface area contributed by atoms with Gasteiger partial charge in [0.2, 0.25) is 11.8 Å². The van der Waals surface area contributed by atoms with Crippen LogP contribution in [-0.4, -0.2) is 55.6 Å². The Morgan fingerprint density at radius 3 is 2.74 bits per heavy atom. The fourth-order valence-electron chi connectivity index (χ4n) is 2.89. The van der Waals surface area contributed by atoms with E-state index in [1.54, 1.807) is 0 Å². The van der Waals surface area contributed by atoms with Crippen molar-refractivity contribution in [2.75, 3.05) is 38.2 Å². The van der Waals surface area contributed by atoms with Crippen LogP contribution in [0, 0.1) is 5.92 Å². The van der Waals surface area contributed by atoms with E-state index in [1.807, 2.05) is 38.1 Å². The van der Waals surface area contributed by atoms with Crippen LogP contribution in [0.5, 0.6) is 0 Å². The first-order valence-corrected chi connectivity index (χ1v) is 9.71. The lowest BCUT2D eigenvalue weighted by atomic mass is 9.99. The molecule has 0 saturated carbocycles. The highest BCUT2D eigenvalue weighted by atomic mass is 16.5. The first-order chi connectivity index (χ1) is 13.0. The summed E-state index contributed by atoms with van der Waals surface area (Å²) in [7, 11) is 0. The van der Waals surface area contributed by atoms with Crippen LogP contribution in [-0.2, 0) is 20.9 Å². The topological polar surface area (TPSA) is 96.7 Å². The maximum absolute atomic E-state index is 12.2. The summed E-state index contributed by atoms with van der Waals surface area (Å²) in [5, 5.41) is 5.79. The SMILES string of the molecule is CCC(C)C(N)C(=O)NCc1cccc(NC(=O)CCN2CCOCC2)c1. The summed E-state index contributed by atoms with van der Waals surface area (Å²) in [4.78, 5) is 26.5. The molecular weight excluding hydrogens is 344 g/mol. The number of nitrogens with zero attached hydrogens (tertiary/aromatic N) is 1. The fraction of sp³-hybridized carbons (Fsp3) is 0.600. The number of carbonyl (C=O) groups excluding carboxylic acids is 2. The third-order valence-electron chi connectivity index (χ3n) is 5.00. The molecule has 0 bridgehead atoms. The highest BCUT2D eigenvalue weighted by Crippen LogP contribution is 2.12. The molecule has 0 radical (unpaired) electrons. The minimum atomic E-state index is -0.502. The average molecular weight is 377 g/mol. The zero-order chi connectivity index (χ0) is 19.6. The minimum absolute atomic E-state index is 0.0125. The number of amides is 2. The second-order valence-electron chi connectivity index (χ2n) is 7.08. The molecule has 0 aromatic heterocycles. The van der Waals surface area contributed by atoms with Gasteiger partial charge in [-0.25, -0.2) is 0 Å². The molecule has 150 valence electrons. The van der Waals surface area contributed by atoms with E-state index >= 15 is 0 Å². The predicted molar refractivity (Wildman–Crippen MR) is 106 cm³/mol. The van der Waals surface area contributed by atoms with Crippen LogP contribution >= 0.6 is 0 Å². The van der Waals surface area contributed by atoms with Crippen LogP contribution in [0.4, 0.5) is 5.69 Å². The average Bonchev–Trinajstić information content (AvgIpc) is 2.70. The van der Waals surface area contributed by atoms with Crippen molar-refractivity contribution in [3.8, 4) is 0 Å². The molecule has 2 unspecified atom stereocenters. The Hall–Kier alpha value is -1.96. The van der Waals surface area contributed by atoms with Gasteiger partial charge < -0.3 is 21.1 Å². The van der Waals surface area contributed by atoms with Crippen LogP contribution in [0.15, 0.2) is 24.3 Å². The van der Waals surface area contributed by atoms with Crippen molar-refractivity contribution in [2.24, 2.45) is 11.7 Å². The van der Waals surface area contributed by atoms with Crippen molar-refractivity contribution in [1.82, 2.24) is 10.2 Å². The van der Waals surface area contributed by atoms with E-state index in [4.69, 9.17) is 10.5 Å². The molecule has 4 N–H and O–H groups in total. The maximum atomic E-state index is 12.2. The summed E-state index contributed by atoms with van der Waals surface area (Å²) in [5.74, 6) is -0.0205. The lowest BCUT2D eigenvalue weighted by Gasteiger charge is -2.26. The Kier molecular flexibility index (Phi) is 8.71. The number of rotatable bonds is 9. The number of ether oxygens (including phenoxy) is 1. The van der Waals surface area contributed by atoms with E-state index in [1.165, 1.54) is 0 Å². The zero-order valence-electron chi connectivity index (χ0n) is 16.4. The van der Waals surface area contributed by atoms with Gasteiger partial charge in [0.15, 0.2) is 0 Å². The van der Waals surface area contributed by atoms with Gasteiger partial charge in [-0.2, -0.15) is 0 Å². The summed E-state index contributed by atoms with van der Waals surface area (Å²) in [6.45, 7) is 8.33. The molecule has 1 heterocycles. The molecule has 1 aromatic carbocycles. The molecule has 7 nitrogen and oxygen atoms in total. The predicted octanol–water partition coefficient (Wildman–Crippen LogP) is 1.34. The third-order valence-corrected chi connectivity index (χ3v) is 5.00. The van der Waals surface area contributed by atoms with Crippen molar-refractivity contribution >= 4 is 17.5 Å². The van der Waals surface area contributed by atoms with Crippen molar-refractivity contribution < 1.29 is 14.3 Å². The van der Waals surface area contributed by atoms with Crippen LogP contribution in [0.3, 0.4) is 0 Å². The van der Waals surface area contributed by atoms with E-state index < -0.39 is 6.04 Å². The number of morpholine rings is 1. The highest BCUT2D eigenvalue weighted by molar-refractivity contribution is 5.90. The Bertz CT molecular complexity index is 617. The molecule has 1 fully saturated rings. The quantitative estimate of drug-likeness (QED) is 0.604. The Morgan fingerprint density at radius 2 is 2.04 bits per heavy atom. The van der Waals surface area contributed by atoms with E-state index in [9.17, 15) is 9.59 Å². The second-order valence-corrected chi connectivity index (χ2v) is 7.08. The lowest BCUT2D eigenvalue weighted by molar-refractivity contribution is -0.123. The molecule has 2 rings (SSSR count). The van der Waals surface area contributed by atoms with Gasteiger partial charge >= 0.3 is 0 Å². The van der Waals surface area contributed by atoms with Crippen molar-refractivity contribution in [3.05, 3.63) is 29.8 Å². The largest absolute Gasteiger partial charge is 0.379 e. The molecular formula is C20H32N4O3. The first kappa shape index (κ1) is 21.3. The molecule has 1 aliphatic rings. The van der Waals surface area contributed by atoms with Gasteiger partial charge in [0.05, 0.1) is 19.3 Å². The van der Waals surface area contributed by atoms with E-state index in [-0.39, 0.29) is 17.7 Å². The van der Waals surface area contributed by atoms with Crippen molar-refractivity contribution in [2.45, 2.75) is 39.3 Å². The van der Waals surface area contributed by atoms with Crippen molar-refractivity contribution in [1.29, 1.82) is 0 Å². The Labute approximate surface area is 161 Å². The fourth-order valence-corrected chi connectivity index (χ4v) is 2.89.